The van der Waals surface area contributed by atoms with Crippen LogP contribution in [0.25, 0.3) is 21.8 Å². The van der Waals surface area contributed by atoms with Crippen molar-refractivity contribution in [2.75, 3.05) is 6.61 Å². The molecule has 0 bridgehead atoms. The van der Waals surface area contributed by atoms with Crippen molar-refractivity contribution in [1.82, 2.24) is 4.98 Å². The Morgan fingerprint density at radius 2 is 2.00 bits per heavy atom. The molecule has 6 heteroatoms. The van der Waals surface area contributed by atoms with Crippen molar-refractivity contribution in [3.63, 3.8) is 0 Å². The number of non-ortho nitro benzene ring substituents is 1. The fourth-order valence-corrected chi connectivity index (χ4v) is 2.47. The molecule has 0 N–H and O–H groups in total. The van der Waals surface area contributed by atoms with Gasteiger partial charge in [-0.15, -0.1) is 0 Å². The summed E-state index contributed by atoms with van der Waals surface area (Å²) >= 11 is 6.15. The summed E-state index contributed by atoms with van der Waals surface area (Å²) in [6.45, 7) is 2.35. The van der Waals surface area contributed by atoms with Crippen LogP contribution in [-0.2, 0) is 0 Å². The van der Waals surface area contributed by atoms with Gasteiger partial charge in [0.15, 0.2) is 0 Å². The average molecular weight is 303 g/mol. The SMILES string of the molecule is CCOc1c(Cl)ccc2nc3ccc([N+](=O)[O-])cc3cc12. The zero-order chi connectivity index (χ0) is 15.0. The van der Waals surface area contributed by atoms with Gasteiger partial charge >= 0.3 is 0 Å². The molecule has 5 nitrogen and oxygen atoms in total. The molecule has 1 aromatic heterocycles. The molecule has 0 unspecified atom stereocenters. The Bertz CT molecular complexity index is 864. The molecule has 1 heterocycles. The van der Waals surface area contributed by atoms with Gasteiger partial charge in [0.25, 0.3) is 5.69 Å². The summed E-state index contributed by atoms with van der Waals surface area (Å²) in [6.07, 6.45) is 0. The van der Waals surface area contributed by atoms with E-state index in [4.69, 9.17) is 16.3 Å². The number of nitro benzene ring substituents is 1. The van der Waals surface area contributed by atoms with Gasteiger partial charge in [0.1, 0.15) is 5.75 Å². The van der Waals surface area contributed by atoms with Crippen molar-refractivity contribution >= 4 is 39.1 Å². The molecule has 2 aromatic carbocycles. The van der Waals surface area contributed by atoms with Gasteiger partial charge in [-0.1, -0.05) is 11.6 Å². The van der Waals surface area contributed by atoms with E-state index >= 15 is 0 Å². The van der Waals surface area contributed by atoms with E-state index in [9.17, 15) is 10.1 Å². The number of nitrogens with zero attached hydrogens (tertiary/aromatic N) is 2. The van der Waals surface area contributed by atoms with Crippen molar-refractivity contribution in [2.45, 2.75) is 6.92 Å². The quantitative estimate of drug-likeness (QED) is 0.410. The first-order valence-electron chi connectivity index (χ1n) is 6.40. The Morgan fingerprint density at radius 1 is 1.24 bits per heavy atom. The van der Waals surface area contributed by atoms with Crippen LogP contribution in [0.5, 0.6) is 5.75 Å². The third-order valence-corrected chi connectivity index (χ3v) is 3.47. The molecule has 0 amide bonds. The minimum absolute atomic E-state index is 0.0311. The van der Waals surface area contributed by atoms with Gasteiger partial charge in [-0.2, -0.15) is 0 Å². The molecule has 21 heavy (non-hydrogen) atoms. The monoisotopic (exact) mass is 302 g/mol. The molecule has 3 rings (SSSR count). The summed E-state index contributed by atoms with van der Waals surface area (Å²) in [4.78, 5) is 14.9. The van der Waals surface area contributed by atoms with Gasteiger partial charge in [-0.3, -0.25) is 10.1 Å². The van der Waals surface area contributed by atoms with Crippen LogP contribution in [0.15, 0.2) is 36.4 Å². The van der Waals surface area contributed by atoms with Crippen LogP contribution in [0.4, 0.5) is 5.69 Å². The number of hydrogen-bond acceptors (Lipinski definition) is 4. The number of halogens is 1. The molecule has 0 radical (unpaired) electrons. The number of pyridine rings is 1. The van der Waals surface area contributed by atoms with Crippen LogP contribution < -0.4 is 4.74 Å². The predicted octanol–water partition coefficient (Wildman–Crippen LogP) is 4.35. The lowest BCUT2D eigenvalue weighted by molar-refractivity contribution is -0.384. The number of ether oxygens (including phenoxy) is 1. The lowest BCUT2D eigenvalue weighted by Crippen LogP contribution is -1.95. The van der Waals surface area contributed by atoms with E-state index in [1.54, 1.807) is 18.2 Å². The van der Waals surface area contributed by atoms with E-state index in [1.807, 2.05) is 13.0 Å². The Morgan fingerprint density at radius 3 is 2.71 bits per heavy atom. The summed E-state index contributed by atoms with van der Waals surface area (Å²) in [5.41, 5.74) is 1.46. The number of nitro groups is 1. The second-order valence-corrected chi connectivity index (χ2v) is 4.91. The van der Waals surface area contributed by atoms with Crippen LogP contribution >= 0.6 is 11.6 Å². The third-order valence-electron chi connectivity index (χ3n) is 3.18. The zero-order valence-corrected chi connectivity index (χ0v) is 11.9. The molecule has 0 atom stereocenters. The van der Waals surface area contributed by atoms with Crippen molar-refractivity contribution < 1.29 is 9.66 Å². The molecular formula is C15H11ClN2O3. The molecular weight excluding hydrogens is 292 g/mol. The minimum atomic E-state index is -0.426. The third kappa shape index (κ3) is 2.36. The van der Waals surface area contributed by atoms with E-state index in [2.05, 4.69) is 4.98 Å². The first kappa shape index (κ1) is 13.6. The maximum Gasteiger partial charge on any atom is 0.270 e. The first-order chi connectivity index (χ1) is 10.1. The summed E-state index contributed by atoms with van der Waals surface area (Å²) in [7, 11) is 0. The fraction of sp³-hybridized carbons (Fsp3) is 0.133. The van der Waals surface area contributed by atoms with Gasteiger partial charge in [-0.05, 0) is 31.2 Å². The van der Waals surface area contributed by atoms with Crippen LogP contribution in [0, 0.1) is 10.1 Å². The number of fused-ring (bicyclic) bond motifs is 2. The molecule has 0 aliphatic rings. The summed E-state index contributed by atoms with van der Waals surface area (Å²) in [5.74, 6) is 0.553. The molecule has 0 spiro atoms. The van der Waals surface area contributed by atoms with Crippen LogP contribution in [-0.4, -0.2) is 16.5 Å². The normalized spacial score (nSPS) is 11.0. The molecule has 0 aliphatic carbocycles. The van der Waals surface area contributed by atoms with E-state index in [0.29, 0.717) is 28.3 Å². The first-order valence-corrected chi connectivity index (χ1v) is 6.78. The Balaban J connectivity index is 2.33. The van der Waals surface area contributed by atoms with E-state index in [1.165, 1.54) is 12.1 Å². The van der Waals surface area contributed by atoms with Crippen molar-refractivity contribution in [3.05, 3.63) is 51.5 Å². The average Bonchev–Trinajstić information content (AvgIpc) is 2.48. The summed E-state index contributed by atoms with van der Waals surface area (Å²) in [5, 5.41) is 12.8. The van der Waals surface area contributed by atoms with Gasteiger partial charge in [0, 0.05) is 22.9 Å². The molecule has 0 fully saturated rings. The maximum atomic E-state index is 10.9. The molecule has 0 aliphatic heterocycles. The highest BCUT2D eigenvalue weighted by Crippen LogP contribution is 2.35. The van der Waals surface area contributed by atoms with Gasteiger partial charge in [0.05, 0.1) is 27.6 Å². The van der Waals surface area contributed by atoms with Gasteiger partial charge in [0.2, 0.25) is 0 Å². The Kier molecular flexibility index (Phi) is 3.35. The lowest BCUT2D eigenvalue weighted by Gasteiger charge is -2.10. The maximum absolute atomic E-state index is 10.9. The van der Waals surface area contributed by atoms with E-state index in [-0.39, 0.29) is 5.69 Å². The van der Waals surface area contributed by atoms with Crippen molar-refractivity contribution in [1.29, 1.82) is 0 Å². The van der Waals surface area contributed by atoms with Gasteiger partial charge < -0.3 is 4.74 Å². The highest BCUT2D eigenvalue weighted by atomic mass is 35.5. The predicted molar refractivity (Wildman–Crippen MR) is 82.1 cm³/mol. The smallest absolute Gasteiger partial charge is 0.270 e. The van der Waals surface area contributed by atoms with Crippen molar-refractivity contribution in [2.24, 2.45) is 0 Å². The van der Waals surface area contributed by atoms with Crippen LogP contribution in [0.3, 0.4) is 0 Å². The largest absolute Gasteiger partial charge is 0.492 e. The number of hydrogen-bond donors (Lipinski definition) is 0. The standard InChI is InChI=1S/C15H11ClN2O3/c1-2-21-15-11-8-9-7-10(18(19)20)3-5-13(9)17-14(11)6-4-12(15)16/h3-8H,2H2,1H3. The highest BCUT2D eigenvalue weighted by molar-refractivity contribution is 6.33. The van der Waals surface area contributed by atoms with E-state index in [0.717, 1.165) is 10.9 Å². The fourth-order valence-electron chi connectivity index (χ4n) is 2.25. The Hall–Kier alpha value is -2.40. The number of rotatable bonds is 3. The summed E-state index contributed by atoms with van der Waals surface area (Å²) < 4.78 is 5.57. The second-order valence-electron chi connectivity index (χ2n) is 4.50. The number of benzene rings is 2. The lowest BCUT2D eigenvalue weighted by atomic mass is 10.1. The van der Waals surface area contributed by atoms with Crippen LogP contribution in [0.1, 0.15) is 6.92 Å². The number of aromatic nitrogens is 1. The molecule has 106 valence electrons. The summed E-state index contributed by atoms with van der Waals surface area (Å²) in [6, 6.07) is 9.95. The van der Waals surface area contributed by atoms with Crippen molar-refractivity contribution in [3.8, 4) is 5.75 Å². The molecule has 3 aromatic rings. The van der Waals surface area contributed by atoms with E-state index < -0.39 is 4.92 Å². The molecule has 0 saturated heterocycles. The molecule has 0 saturated carbocycles. The van der Waals surface area contributed by atoms with Crippen LogP contribution in [0.2, 0.25) is 5.02 Å². The van der Waals surface area contributed by atoms with Gasteiger partial charge in [-0.25, -0.2) is 4.98 Å². The second kappa shape index (κ2) is 5.18. The topological polar surface area (TPSA) is 65.3 Å². The highest BCUT2D eigenvalue weighted by Gasteiger charge is 2.12. The Labute approximate surface area is 125 Å². The minimum Gasteiger partial charge on any atom is -0.492 e. The zero-order valence-electron chi connectivity index (χ0n) is 11.2.